The Bertz CT molecular complexity index is 814. The Morgan fingerprint density at radius 3 is 2.57 bits per heavy atom. The molecule has 0 saturated heterocycles. The van der Waals surface area contributed by atoms with Crippen molar-refractivity contribution < 1.29 is 9.18 Å². The molecule has 3 rings (SSSR count). The predicted octanol–water partition coefficient (Wildman–Crippen LogP) is 3.71. The van der Waals surface area contributed by atoms with E-state index in [-0.39, 0.29) is 11.6 Å². The average molecular weight is 309 g/mol. The number of aromatic amines is 1. The number of nitrogens with one attached hydrogen (secondary N) is 2. The SMILES string of the molecule is CC(NC(=O)c1ccccc1F)c1ncc(-c2ccccc2)[nH]1. The molecular weight excluding hydrogens is 293 g/mol. The van der Waals surface area contributed by atoms with Crippen molar-refractivity contribution in [1.82, 2.24) is 15.3 Å². The Morgan fingerprint density at radius 2 is 1.83 bits per heavy atom. The Morgan fingerprint density at radius 1 is 1.13 bits per heavy atom. The zero-order valence-corrected chi connectivity index (χ0v) is 12.6. The van der Waals surface area contributed by atoms with Crippen LogP contribution in [0.3, 0.4) is 0 Å². The monoisotopic (exact) mass is 309 g/mol. The van der Waals surface area contributed by atoms with Gasteiger partial charge in [-0.3, -0.25) is 4.79 Å². The summed E-state index contributed by atoms with van der Waals surface area (Å²) in [4.78, 5) is 19.6. The Balaban J connectivity index is 1.74. The fourth-order valence-electron chi connectivity index (χ4n) is 2.31. The zero-order valence-electron chi connectivity index (χ0n) is 12.6. The molecule has 0 bridgehead atoms. The highest BCUT2D eigenvalue weighted by Crippen LogP contribution is 2.19. The summed E-state index contributed by atoms with van der Waals surface area (Å²) >= 11 is 0. The van der Waals surface area contributed by atoms with Gasteiger partial charge in [0.1, 0.15) is 11.6 Å². The lowest BCUT2D eigenvalue weighted by atomic mass is 10.2. The van der Waals surface area contributed by atoms with Gasteiger partial charge >= 0.3 is 0 Å². The fraction of sp³-hybridized carbons (Fsp3) is 0.111. The zero-order chi connectivity index (χ0) is 16.2. The molecule has 0 saturated carbocycles. The quantitative estimate of drug-likeness (QED) is 0.772. The second-order valence-electron chi connectivity index (χ2n) is 5.22. The first-order chi connectivity index (χ1) is 11.1. The van der Waals surface area contributed by atoms with Crippen LogP contribution in [0, 0.1) is 5.82 Å². The molecule has 0 aliphatic heterocycles. The summed E-state index contributed by atoms with van der Waals surface area (Å²) in [6.07, 6.45) is 1.72. The van der Waals surface area contributed by atoms with E-state index >= 15 is 0 Å². The minimum Gasteiger partial charge on any atom is -0.342 e. The van der Waals surface area contributed by atoms with E-state index in [4.69, 9.17) is 0 Å². The van der Waals surface area contributed by atoms with Crippen molar-refractivity contribution in [1.29, 1.82) is 0 Å². The number of rotatable bonds is 4. The summed E-state index contributed by atoms with van der Waals surface area (Å²) in [6, 6.07) is 15.3. The maximum atomic E-state index is 13.6. The first-order valence-corrected chi connectivity index (χ1v) is 7.31. The highest BCUT2D eigenvalue weighted by molar-refractivity contribution is 5.94. The van der Waals surface area contributed by atoms with Gasteiger partial charge in [-0.05, 0) is 24.6 Å². The van der Waals surface area contributed by atoms with Gasteiger partial charge in [-0.15, -0.1) is 0 Å². The van der Waals surface area contributed by atoms with Crippen LogP contribution >= 0.6 is 0 Å². The number of carbonyl (C=O) groups is 1. The molecule has 1 heterocycles. The highest BCUT2D eigenvalue weighted by Gasteiger charge is 2.16. The second-order valence-corrected chi connectivity index (χ2v) is 5.22. The molecule has 0 radical (unpaired) electrons. The molecule has 23 heavy (non-hydrogen) atoms. The van der Waals surface area contributed by atoms with Crippen molar-refractivity contribution >= 4 is 5.91 Å². The number of hydrogen-bond acceptors (Lipinski definition) is 2. The number of imidazole rings is 1. The van der Waals surface area contributed by atoms with Crippen LogP contribution in [0.1, 0.15) is 29.1 Å². The van der Waals surface area contributed by atoms with E-state index in [0.717, 1.165) is 11.3 Å². The third-order valence-electron chi connectivity index (χ3n) is 3.56. The lowest BCUT2D eigenvalue weighted by molar-refractivity contribution is 0.0934. The molecule has 1 aromatic heterocycles. The number of halogens is 1. The standard InChI is InChI=1S/C18H16FN3O/c1-12(21-18(23)14-9-5-6-10-15(14)19)17-20-11-16(22-17)13-7-3-2-4-8-13/h2-12H,1H3,(H,20,22)(H,21,23). The average Bonchev–Trinajstić information content (AvgIpc) is 3.06. The van der Waals surface area contributed by atoms with Crippen LogP contribution in [0.5, 0.6) is 0 Å². The molecular formula is C18H16FN3O. The molecule has 3 aromatic rings. The molecule has 1 unspecified atom stereocenters. The number of hydrogen-bond donors (Lipinski definition) is 2. The summed E-state index contributed by atoms with van der Waals surface area (Å²) in [7, 11) is 0. The van der Waals surface area contributed by atoms with Crippen LogP contribution in [-0.4, -0.2) is 15.9 Å². The minimum absolute atomic E-state index is 0.0224. The van der Waals surface area contributed by atoms with E-state index < -0.39 is 11.7 Å². The van der Waals surface area contributed by atoms with E-state index in [0.29, 0.717) is 5.82 Å². The number of carbonyl (C=O) groups excluding carboxylic acids is 1. The lowest BCUT2D eigenvalue weighted by Crippen LogP contribution is -2.28. The van der Waals surface area contributed by atoms with Gasteiger partial charge < -0.3 is 10.3 Å². The normalized spacial score (nSPS) is 11.9. The molecule has 116 valence electrons. The van der Waals surface area contributed by atoms with E-state index in [9.17, 15) is 9.18 Å². The van der Waals surface area contributed by atoms with Gasteiger partial charge in [0.2, 0.25) is 0 Å². The van der Waals surface area contributed by atoms with Crippen LogP contribution in [-0.2, 0) is 0 Å². The van der Waals surface area contributed by atoms with E-state index in [1.807, 2.05) is 30.3 Å². The molecule has 1 atom stereocenters. The molecule has 4 nitrogen and oxygen atoms in total. The maximum Gasteiger partial charge on any atom is 0.254 e. The van der Waals surface area contributed by atoms with E-state index in [1.165, 1.54) is 12.1 Å². The van der Waals surface area contributed by atoms with Gasteiger partial charge in [0, 0.05) is 0 Å². The number of aromatic nitrogens is 2. The molecule has 0 fully saturated rings. The third kappa shape index (κ3) is 3.29. The van der Waals surface area contributed by atoms with Crippen molar-refractivity contribution in [2.75, 3.05) is 0 Å². The largest absolute Gasteiger partial charge is 0.342 e. The van der Waals surface area contributed by atoms with Crippen molar-refractivity contribution in [3.8, 4) is 11.3 Å². The fourth-order valence-corrected chi connectivity index (χ4v) is 2.31. The highest BCUT2D eigenvalue weighted by atomic mass is 19.1. The van der Waals surface area contributed by atoms with E-state index in [1.54, 1.807) is 25.3 Å². The van der Waals surface area contributed by atoms with Gasteiger partial charge in [-0.1, -0.05) is 42.5 Å². The van der Waals surface area contributed by atoms with Gasteiger partial charge in [-0.25, -0.2) is 9.37 Å². The first-order valence-electron chi connectivity index (χ1n) is 7.31. The maximum absolute atomic E-state index is 13.6. The molecule has 0 aliphatic carbocycles. The van der Waals surface area contributed by atoms with Crippen molar-refractivity contribution in [2.24, 2.45) is 0 Å². The van der Waals surface area contributed by atoms with Crippen LogP contribution < -0.4 is 5.32 Å². The molecule has 5 heteroatoms. The topological polar surface area (TPSA) is 57.8 Å². The summed E-state index contributed by atoms with van der Waals surface area (Å²) in [5.74, 6) is -0.386. The van der Waals surface area contributed by atoms with Crippen molar-refractivity contribution in [3.63, 3.8) is 0 Å². The molecule has 2 aromatic carbocycles. The summed E-state index contributed by atoms with van der Waals surface area (Å²) in [5, 5.41) is 2.75. The molecule has 1 amide bonds. The predicted molar refractivity (Wildman–Crippen MR) is 86.3 cm³/mol. The van der Waals surface area contributed by atoms with Gasteiger partial charge in [0.25, 0.3) is 5.91 Å². The molecule has 2 N–H and O–H groups in total. The van der Waals surface area contributed by atoms with E-state index in [2.05, 4.69) is 15.3 Å². The van der Waals surface area contributed by atoms with Gasteiger partial charge in [0.05, 0.1) is 23.5 Å². The Labute approximate surface area is 133 Å². The second kappa shape index (κ2) is 6.44. The third-order valence-corrected chi connectivity index (χ3v) is 3.56. The van der Waals surface area contributed by atoms with Crippen LogP contribution in [0.25, 0.3) is 11.3 Å². The summed E-state index contributed by atoms with van der Waals surface area (Å²) in [5.41, 5.74) is 1.90. The minimum atomic E-state index is -0.540. The van der Waals surface area contributed by atoms with Crippen LogP contribution in [0.2, 0.25) is 0 Å². The lowest BCUT2D eigenvalue weighted by Gasteiger charge is -2.12. The van der Waals surface area contributed by atoms with Crippen molar-refractivity contribution in [2.45, 2.75) is 13.0 Å². The summed E-state index contributed by atoms with van der Waals surface area (Å²) < 4.78 is 13.6. The molecule has 0 spiro atoms. The van der Waals surface area contributed by atoms with Crippen molar-refractivity contribution in [3.05, 3.63) is 78.0 Å². The number of benzene rings is 2. The van der Waals surface area contributed by atoms with Gasteiger partial charge in [0.15, 0.2) is 0 Å². The van der Waals surface area contributed by atoms with Gasteiger partial charge in [-0.2, -0.15) is 0 Å². The summed E-state index contributed by atoms with van der Waals surface area (Å²) in [6.45, 7) is 1.80. The number of H-pyrrole nitrogens is 1. The van der Waals surface area contributed by atoms with Crippen LogP contribution in [0.4, 0.5) is 4.39 Å². The smallest absolute Gasteiger partial charge is 0.254 e. The number of amides is 1. The Kier molecular flexibility index (Phi) is 4.19. The molecule has 0 aliphatic rings. The number of nitrogens with zero attached hydrogens (tertiary/aromatic N) is 1. The van der Waals surface area contributed by atoms with Crippen LogP contribution in [0.15, 0.2) is 60.8 Å². The first kappa shape index (κ1) is 15.0. The Hall–Kier alpha value is -2.95.